The van der Waals surface area contributed by atoms with E-state index in [0.717, 1.165) is 4.47 Å². The van der Waals surface area contributed by atoms with Crippen LogP contribution < -0.4 is 11.1 Å². The van der Waals surface area contributed by atoms with E-state index >= 15 is 0 Å². The van der Waals surface area contributed by atoms with E-state index in [4.69, 9.17) is 10.5 Å². The van der Waals surface area contributed by atoms with Gasteiger partial charge in [-0.15, -0.1) is 0 Å². The van der Waals surface area contributed by atoms with Gasteiger partial charge in [-0.3, -0.25) is 4.79 Å². The number of hydrogen-bond donors (Lipinski definition) is 2. The molecule has 0 aromatic heterocycles. The summed E-state index contributed by atoms with van der Waals surface area (Å²) < 4.78 is 19.0. The molecule has 1 unspecified atom stereocenters. The Morgan fingerprint density at radius 3 is 2.94 bits per heavy atom. The van der Waals surface area contributed by atoms with Crippen molar-refractivity contribution in [3.05, 3.63) is 34.1 Å². The van der Waals surface area contributed by atoms with E-state index < -0.39 is 6.10 Å². The molecule has 94 valence electrons. The van der Waals surface area contributed by atoms with Gasteiger partial charge in [-0.05, 0) is 18.2 Å². The molecule has 1 aromatic carbocycles. The third-order valence-electron chi connectivity index (χ3n) is 2.25. The molecule has 0 heterocycles. The molecular formula is C11H14BrFN2O2. The predicted octanol–water partition coefficient (Wildman–Crippen LogP) is 1.18. The number of carbonyl (C=O) groups excluding carboxylic acids is 1. The molecule has 0 saturated heterocycles. The van der Waals surface area contributed by atoms with Crippen molar-refractivity contribution in [2.75, 3.05) is 13.7 Å². The molecule has 4 nitrogen and oxygen atoms in total. The van der Waals surface area contributed by atoms with E-state index in [0.29, 0.717) is 5.56 Å². The highest BCUT2D eigenvalue weighted by Gasteiger charge is 2.15. The maximum atomic E-state index is 13.4. The molecule has 0 aliphatic carbocycles. The van der Waals surface area contributed by atoms with Gasteiger partial charge in [-0.2, -0.15) is 0 Å². The van der Waals surface area contributed by atoms with Crippen LogP contribution in [0.4, 0.5) is 4.39 Å². The molecule has 0 saturated carbocycles. The zero-order valence-corrected chi connectivity index (χ0v) is 11.0. The monoisotopic (exact) mass is 304 g/mol. The van der Waals surface area contributed by atoms with Crippen LogP contribution in [0.2, 0.25) is 0 Å². The van der Waals surface area contributed by atoms with Crippen LogP contribution in [-0.4, -0.2) is 25.7 Å². The van der Waals surface area contributed by atoms with Crippen molar-refractivity contribution in [3.63, 3.8) is 0 Å². The van der Waals surface area contributed by atoms with Crippen molar-refractivity contribution >= 4 is 21.8 Å². The number of ether oxygens (including phenoxy) is 1. The van der Waals surface area contributed by atoms with Gasteiger partial charge in [0.05, 0.1) is 0 Å². The molecule has 0 aliphatic heterocycles. The number of carbonyl (C=O) groups is 1. The SMILES string of the molecule is COC(CN)C(=O)NCc1cc(Br)ccc1F. The second-order valence-corrected chi connectivity index (χ2v) is 4.33. The molecule has 1 aromatic rings. The van der Waals surface area contributed by atoms with E-state index in [9.17, 15) is 9.18 Å². The van der Waals surface area contributed by atoms with E-state index in [1.807, 2.05) is 0 Å². The van der Waals surface area contributed by atoms with Crippen molar-refractivity contribution in [1.29, 1.82) is 0 Å². The van der Waals surface area contributed by atoms with E-state index in [-0.39, 0.29) is 24.8 Å². The predicted molar refractivity (Wildman–Crippen MR) is 65.8 cm³/mol. The molecule has 6 heteroatoms. The van der Waals surface area contributed by atoms with Crippen LogP contribution in [0.3, 0.4) is 0 Å². The maximum absolute atomic E-state index is 13.4. The van der Waals surface area contributed by atoms with Gasteiger partial charge in [0.15, 0.2) is 0 Å². The highest BCUT2D eigenvalue weighted by atomic mass is 79.9. The Morgan fingerprint density at radius 2 is 2.35 bits per heavy atom. The molecule has 0 spiro atoms. The summed E-state index contributed by atoms with van der Waals surface area (Å²) in [6.07, 6.45) is -0.704. The maximum Gasteiger partial charge on any atom is 0.250 e. The van der Waals surface area contributed by atoms with Crippen LogP contribution in [0.25, 0.3) is 0 Å². The highest BCUT2D eigenvalue weighted by Crippen LogP contribution is 2.15. The van der Waals surface area contributed by atoms with E-state index in [1.54, 1.807) is 12.1 Å². The quantitative estimate of drug-likeness (QED) is 0.858. The van der Waals surface area contributed by atoms with Gasteiger partial charge < -0.3 is 15.8 Å². The summed E-state index contributed by atoms with van der Waals surface area (Å²) in [7, 11) is 1.40. The number of amides is 1. The van der Waals surface area contributed by atoms with Gasteiger partial charge in [0.1, 0.15) is 11.9 Å². The Morgan fingerprint density at radius 1 is 1.65 bits per heavy atom. The summed E-state index contributed by atoms with van der Waals surface area (Å²) in [5.41, 5.74) is 5.74. The lowest BCUT2D eigenvalue weighted by atomic mass is 10.2. The summed E-state index contributed by atoms with van der Waals surface area (Å²) in [6.45, 7) is 0.188. The minimum absolute atomic E-state index is 0.0866. The normalized spacial score (nSPS) is 12.2. The number of nitrogens with one attached hydrogen (secondary N) is 1. The molecule has 0 fully saturated rings. The van der Waals surface area contributed by atoms with Gasteiger partial charge in [0.2, 0.25) is 0 Å². The second-order valence-electron chi connectivity index (χ2n) is 3.41. The lowest BCUT2D eigenvalue weighted by Gasteiger charge is -2.13. The van der Waals surface area contributed by atoms with Crippen LogP contribution in [0.15, 0.2) is 22.7 Å². The Bertz CT molecular complexity index is 397. The summed E-state index contributed by atoms with van der Waals surface area (Å²) >= 11 is 3.24. The Hall–Kier alpha value is -0.980. The molecule has 3 N–H and O–H groups in total. The van der Waals surface area contributed by atoms with E-state index in [1.165, 1.54) is 13.2 Å². The summed E-state index contributed by atoms with van der Waals surface area (Å²) in [6, 6.07) is 4.54. The summed E-state index contributed by atoms with van der Waals surface area (Å²) in [5, 5.41) is 2.56. The molecule has 1 atom stereocenters. The minimum Gasteiger partial charge on any atom is -0.370 e. The fourth-order valence-electron chi connectivity index (χ4n) is 1.29. The zero-order chi connectivity index (χ0) is 12.8. The van der Waals surface area contributed by atoms with Crippen LogP contribution in [-0.2, 0) is 16.1 Å². The standard InChI is InChI=1S/C11H14BrFN2O2/c1-17-10(5-14)11(16)15-6-7-4-8(12)2-3-9(7)13/h2-4,10H,5-6,14H2,1H3,(H,15,16). The summed E-state index contributed by atoms with van der Waals surface area (Å²) in [4.78, 5) is 11.5. The van der Waals surface area contributed by atoms with Gasteiger partial charge in [0.25, 0.3) is 5.91 Å². The number of nitrogens with two attached hydrogens (primary N) is 1. The van der Waals surface area contributed by atoms with Crippen LogP contribution in [0.1, 0.15) is 5.56 Å². The highest BCUT2D eigenvalue weighted by molar-refractivity contribution is 9.10. The second kappa shape index (κ2) is 6.68. The van der Waals surface area contributed by atoms with Gasteiger partial charge in [-0.1, -0.05) is 15.9 Å². The van der Waals surface area contributed by atoms with Crippen LogP contribution >= 0.6 is 15.9 Å². The molecule has 0 bridgehead atoms. The largest absolute Gasteiger partial charge is 0.370 e. The number of hydrogen-bond acceptors (Lipinski definition) is 3. The fourth-order valence-corrected chi connectivity index (χ4v) is 1.69. The minimum atomic E-state index is -0.704. The number of methoxy groups -OCH3 is 1. The first-order chi connectivity index (χ1) is 8.08. The summed E-state index contributed by atoms with van der Waals surface area (Å²) in [5.74, 6) is -0.718. The smallest absolute Gasteiger partial charge is 0.250 e. The lowest BCUT2D eigenvalue weighted by Crippen LogP contribution is -2.40. The molecule has 0 radical (unpaired) electrons. The van der Waals surface area contributed by atoms with Crippen LogP contribution in [0.5, 0.6) is 0 Å². The lowest BCUT2D eigenvalue weighted by molar-refractivity contribution is -0.130. The number of benzene rings is 1. The Kier molecular flexibility index (Phi) is 5.54. The molecule has 17 heavy (non-hydrogen) atoms. The molecular weight excluding hydrogens is 291 g/mol. The first-order valence-corrected chi connectivity index (χ1v) is 5.82. The Balaban J connectivity index is 2.61. The molecule has 1 rings (SSSR count). The fraction of sp³-hybridized carbons (Fsp3) is 0.364. The van der Waals surface area contributed by atoms with Crippen LogP contribution in [0, 0.1) is 5.82 Å². The van der Waals surface area contributed by atoms with Gasteiger partial charge in [-0.25, -0.2) is 4.39 Å². The van der Waals surface area contributed by atoms with Gasteiger partial charge in [0, 0.05) is 30.2 Å². The average molecular weight is 305 g/mol. The van der Waals surface area contributed by atoms with Crippen molar-refractivity contribution in [3.8, 4) is 0 Å². The third kappa shape index (κ3) is 4.07. The topological polar surface area (TPSA) is 64.3 Å². The Labute approximate surface area is 107 Å². The number of rotatable bonds is 5. The molecule has 1 amide bonds. The zero-order valence-electron chi connectivity index (χ0n) is 9.37. The van der Waals surface area contributed by atoms with Crippen molar-refractivity contribution < 1.29 is 13.9 Å². The first-order valence-electron chi connectivity index (χ1n) is 5.03. The first kappa shape index (κ1) is 14.1. The van der Waals surface area contributed by atoms with Crippen molar-refractivity contribution in [2.45, 2.75) is 12.6 Å². The van der Waals surface area contributed by atoms with Gasteiger partial charge >= 0.3 is 0 Å². The van der Waals surface area contributed by atoms with Crippen molar-refractivity contribution in [2.24, 2.45) is 5.73 Å². The average Bonchev–Trinajstić information content (AvgIpc) is 2.32. The van der Waals surface area contributed by atoms with Crippen molar-refractivity contribution in [1.82, 2.24) is 5.32 Å². The third-order valence-corrected chi connectivity index (χ3v) is 2.75. The van der Waals surface area contributed by atoms with E-state index in [2.05, 4.69) is 21.2 Å². The number of halogens is 2. The molecule has 0 aliphatic rings.